The zero-order valence-electron chi connectivity index (χ0n) is 12.3. The predicted molar refractivity (Wildman–Crippen MR) is 80.9 cm³/mol. The lowest BCUT2D eigenvalue weighted by molar-refractivity contribution is 0.0827. The van der Waals surface area contributed by atoms with Gasteiger partial charge in [-0.2, -0.15) is 0 Å². The van der Waals surface area contributed by atoms with Gasteiger partial charge in [-0.05, 0) is 24.3 Å². The summed E-state index contributed by atoms with van der Waals surface area (Å²) in [5.41, 5.74) is 1.65. The first-order valence-corrected chi connectivity index (χ1v) is 6.53. The van der Waals surface area contributed by atoms with Crippen LogP contribution in [0.2, 0.25) is 0 Å². The Hall–Kier alpha value is -2.62. The summed E-state index contributed by atoms with van der Waals surface area (Å²) in [6, 6.07) is 13.7. The molecule has 2 aromatic carbocycles. The maximum Gasteiger partial charge on any atom is 0.253 e. The third-order valence-electron chi connectivity index (χ3n) is 3.13. The van der Waals surface area contributed by atoms with Crippen molar-refractivity contribution >= 4 is 11.7 Å². The van der Waals surface area contributed by atoms with Crippen molar-refractivity contribution in [3.63, 3.8) is 0 Å². The fourth-order valence-electron chi connectivity index (χ4n) is 1.95. The normalized spacial score (nSPS) is 10.0. The maximum absolute atomic E-state index is 12.4. The van der Waals surface area contributed by atoms with E-state index in [4.69, 9.17) is 4.74 Å². The molecule has 0 saturated carbocycles. The van der Waals surface area contributed by atoms with Crippen LogP contribution in [0.4, 0.5) is 0 Å². The second-order valence-corrected chi connectivity index (χ2v) is 4.84. The third-order valence-corrected chi connectivity index (χ3v) is 3.13. The second-order valence-electron chi connectivity index (χ2n) is 4.84. The molecule has 0 saturated heterocycles. The van der Waals surface area contributed by atoms with E-state index >= 15 is 0 Å². The number of nitrogens with zero attached hydrogens (tertiary/aromatic N) is 1. The minimum absolute atomic E-state index is 0.0876. The van der Waals surface area contributed by atoms with E-state index in [0.29, 0.717) is 22.4 Å². The summed E-state index contributed by atoms with van der Waals surface area (Å²) >= 11 is 0. The molecule has 0 radical (unpaired) electrons. The molecular weight excluding hydrogens is 266 g/mol. The van der Waals surface area contributed by atoms with Crippen molar-refractivity contribution in [1.82, 2.24) is 4.90 Å². The van der Waals surface area contributed by atoms with Crippen molar-refractivity contribution in [2.75, 3.05) is 21.2 Å². The SMILES string of the molecule is COc1cccc(C(=O)c2ccc(C(=O)N(C)C)cc2)c1. The monoisotopic (exact) mass is 283 g/mol. The molecule has 21 heavy (non-hydrogen) atoms. The van der Waals surface area contributed by atoms with Crippen LogP contribution in [0.5, 0.6) is 5.75 Å². The highest BCUT2D eigenvalue weighted by atomic mass is 16.5. The molecule has 4 heteroatoms. The molecule has 0 heterocycles. The van der Waals surface area contributed by atoms with Crippen molar-refractivity contribution in [2.24, 2.45) is 0 Å². The van der Waals surface area contributed by atoms with E-state index in [2.05, 4.69) is 0 Å². The maximum atomic E-state index is 12.4. The summed E-state index contributed by atoms with van der Waals surface area (Å²) in [7, 11) is 4.94. The Morgan fingerprint density at radius 3 is 2.10 bits per heavy atom. The highest BCUT2D eigenvalue weighted by Gasteiger charge is 2.12. The van der Waals surface area contributed by atoms with E-state index in [1.54, 1.807) is 69.7 Å². The van der Waals surface area contributed by atoms with Gasteiger partial charge in [0.2, 0.25) is 0 Å². The molecular formula is C17H17NO3. The Bertz CT molecular complexity index is 660. The van der Waals surface area contributed by atoms with Gasteiger partial charge in [0.25, 0.3) is 5.91 Å². The van der Waals surface area contributed by atoms with Crippen molar-refractivity contribution in [1.29, 1.82) is 0 Å². The summed E-state index contributed by atoms with van der Waals surface area (Å²) in [6.07, 6.45) is 0. The topological polar surface area (TPSA) is 46.6 Å². The number of methoxy groups -OCH3 is 1. The Morgan fingerprint density at radius 2 is 1.52 bits per heavy atom. The number of hydrogen-bond donors (Lipinski definition) is 0. The summed E-state index contributed by atoms with van der Waals surface area (Å²) in [6.45, 7) is 0. The average Bonchev–Trinajstić information content (AvgIpc) is 2.53. The van der Waals surface area contributed by atoms with Crippen LogP contribution in [0.25, 0.3) is 0 Å². The molecule has 0 spiro atoms. The predicted octanol–water partition coefficient (Wildman–Crippen LogP) is 2.63. The molecule has 4 nitrogen and oxygen atoms in total. The van der Waals surface area contributed by atoms with E-state index in [9.17, 15) is 9.59 Å². The summed E-state index contributed by atoms with van der Waals surface area (Å²) in [5, 5.41) is 0. The molecule has 0 aliphatic heterocycles. The van der Waals surface area contributed by atoms with E-state index in [1.807, 2.05) is 0 Å². The lowest BCUT2D eigenvalue weighted by Crippen LogP contribution is -2.21. The quantitative estimate of drug-likeness (QED) is 0.810. The Morgan fingerprint density at radius 1 is 0.905 bits per heavy atom. The van der Waals surface area contributed by atoms with Gasteiger partial charge in [-0.3, -0.25) is 9.59 Å². The Balaban J connectivity index is 2.25. The largest absolute Gasteiger partial charge is 0.497 e. The van der Waals surface area contributed by atoms with Crippen molar-refractivity contribution in [3.8, 4) is 5.75 Å². The van der Waals surface area contributed by atoms with E-state index in [1.165, 1.54) is 4.90 Å². The molecule has 0 aliphatic carbocycles. The van der Waals surface area contributed by atoms with Crippen LogP contribution in [-0.2, 0) is 0 Å². The van der Waals surface area contributed by atoms with Crippen molar-refractivity contribution in [3.05, 3.63) is 65.2 Å². The Labute approximate surface area is 124 Å². The first-order chi connectivity index (χ1) is 10.0. The van der Waals surface area contributed by atoms with Gasteiger partial charge in [0.1, 0.15) is 5.75 Å². The van der Waals surface area contributed by atoms with Crippen molar-refractivity contribution in [2.45, 2.75) is 0 Å². The van der Waals surface area contributed by atoms with Gasteiger partial charge in [-0.25, -0.2) is 0 Å². The molecule has 0 unspecified atom stereocenters. The minimum Gasteiger partial charge on any atom is -0.497 e. The third kappa shape index (κ3) is 3.28. The van der Waals surface area contributed by atoms with Crippen LogP contribution in [0, 0.1) is 0 Å². The number of carbonyl (C=O) groups excluding carboxylic acids is 2. The van der Waals surface area contributed by atoms with Crippen LogP contribution in [-0.4, -0.2) is 37.8 Å². The van der Waals surface area contributed by atoms with Gasteiger partial charge in [0, 0.05) is 30.8 Å². The van der Waals surface area contributed by atoms with Crippen LogP contribution in [0.1, 0.15) is 26.3 Å². The van der Waals surface area contributed by atoms with Crippen molar-refractivity contribution < 1.29 is 14.3 Å². The summed E-state index contributed by atoms with van der Waals surface area (Å²) in [5.74, 6) is 0.452. The first-order valence-electron chi connectivity index (χ1n) is 6.53. The number of hydrogen-bond acceptors (Lipinski definition) is 3. The molecule has 0 atom stereocenters. The second kappa shape index (κ2) is 6.22. The molecule has 108 valence electrons. The highest BCUT2D eigenvalue weighted by Crippen LogP contribution is 2.17. The highest BCUT2D eigenvalue weighted by molar-refractivity contribution is 6.09. The fourth-order valence-corrected chi connectivity index (χ4v) is 1.95. The zero-order chi connectivity index (χ0) is 15.4. The Kier molecular flexibility index (Phi) is 4.38. The van der Waals surface area contributed by atoms with Gasteiger partial charge in [0.05, 0.1) is 7.11 Å². The standard InChI is InChI=1S/C17H17NO3/c1-18(2)17(20)13-9-7-12(8-10-13)16(19)14-5-4-6-15(11-14)21-3/h4-11H,1-3H3. The van der Waals surface area contributed by atoms with Crippen LogP contribution in [0.3, 0.4) is 0 Å². The first kappa shape index (κ1) is 14.8. The number of ether oxygens (including phenoxy) is 1. The molecule has 2 rings (SSSR count). The average molecular weight is 283 g/mol. The van der Waals surface area contributed by atoms with Gasteiger partial charge >= 0.3 is 0 Å². The molecule has 0 aromatic heterocycles. The summed E-state index contributed by atoms with van der Waals surface area (Å²) < 4.78 is 5.12. The van der Waals surface area contributed by atoms with E-state index in [-0.39, 0.29) is 11.7 Å². The van der Waals surface area contributed by atoms with Gasteiger partial charge in [-0.15, -0.1) is 0 Å². The van der Waals surface area contributed by atoms with E-state index < -0.39 is 0 Å². The molecule has 2 aromatic rings. The van der Waals surface area contributed by atoms with Gasteiger partial charge < -0.3 is 9.64 Å². The molecule has 0 N–H and O–H groups in total. The fraction of sp³-hybridized carbons (Fsp3) is 0.176. The number of rotatable bonds is 4. The number of carbonyl (C=O) groups is 2. The molecule has 0 bridgehead atoms. The van der Waals surface area contributed by atoms with Crippen LogP contribution >= 0.6 is 0 Å². The zero-order valence-corrected chi connectivity index (χ0v) is 12.3. The lowest BCUT2D eigenvalue weighted by atomic mass is 10.0. The lowest BCUT2D eigenvalue weighted by Gasteiger charge is -2.10. The van der Waals surface area contributed by atoms with Crippen LogP contribution < -0.4 is 4.74 Å². The van der Waals surface area contributed by atoms with Gasteiger partial charge in [-0.1, -0.05) is 24.3 Å². The number of benzene rings is 2. The minimum atomic E-state index is -0.0993. The van der Waals surface area contributed by atoms with Crippen LogP contribution in [0.15, 0.2) is 48.5 Å². The summed E-state index contributed by atoms with van der Waals surface area (Å²) in [4.78, 5) is 25.7. The smallest absolute Gasteiger partial charge is 0.253 e. The van der Waals surface area contributed by atoms with E-state index in [0.717, 1.165) is 0 Å². The molecule has 0 aliphatic rings. The van der Waals surface area contributed by atoms with Gasteiger partial charge in [0.15, 0.2) is 5.78 Å². The number of ketones is 1. The molecule has 0 fully saturated rings. The number of amides is 1. The molecule has 1 amide bonds.